The molecular weight excluding hydrogens is 392 g/mol. The number of ether oxygens (including phenoxy) is 3. The van der Waals surface area contributed by atoms with Crippen molar-refractivity contribution in [3.63, 3.8) is 0 Å². The van der Waals surface area contributed by atoms with Gasteiger partial charge in [-0.05, 0) is 52.1 Å². The zero-order valence-electron chi connectivity index (χ0n) is 19.3. The van der Waals surface area contributed by atoms with Gasteiger partial charge in [-0.3, -0.25) is 14.7 Å². The Morgan fingerprint density at radius 1 is 0.677 bits per heavy atom. The number of piperidine rings is 1. The highest BCUT2D eigenvalue weighted by Crippen LogP contribution is 2.54. The van der Waals surface area contributed by atoms with Gasteiger partial charge in [0, 0.05) is 69.7 Å². The number of nitrogens with zero attached hydrogens (tertiary/aromatic N) is 4. The fourth-order valence-corrected chi connectivity index (χ4v) is 8.42. The molecule has 7 saturated heterocycles. The maximum absolute atomic E-state index is 6.11. The molecule has 0 aromatic carbocycles. The van der Waals surface area contributed by atoms with Crippen LogP contribution in [0.4, 0.5) is 0 Å². The molecule has 0 aromatic rings. The van der Waals surface area contributed by atoms with Crippen LogP contribution in [-0.4, -0.2) is 134 Å². The molecule has 7 heteroatoms. The van der Waals surface area contributed by atoms with E-state index in [-0.39, 0.29) is 11.1 Å². The van der Waals surface area contributed by atoms with Crippen LogP contribution in [0.2, 0.25) is 0 Å². The minimum atomic E-state index is 0.244. The Morgan fingerprint density at radius 3 is 2.06 bits per heavy atom. The van der Waals surface area contributed by atoms with Crippen LogP contribution < -0.4 is 0 Å². The first-order valence-corrected chi connectivity index (χ1v) is 12.9. The van der Waals surface area contributed by atoms with Crippen LogP contribution in [-0.2, 0) is 14.2 Å². The van der Waals surface area contributed by atoms with E-state index in [2.05, 4.69) is 26.6 Å². The van der Waals surface area contributed by atoms with Crippen LogP contribution in [0, 0.1) is 0 Å². The van der Waals surface area contributed by atoms with Crippen molar-refractivity contribution in [2.24, 2.45) is 0 Å². The first-order chi connectivity index (χ1) is 15.2. The predicted molar refractivity (Wildman–Crippen MR) is 117 cm³/mol. The summed E-state index contributed by atoms with van der Waals surface area (Å²) in [4.78, 5) is 11.2. The van der Waals surface area contributed by atoms with E-state index < -0.39 is 0 Å². The summed E-state index contributed by atoms with van der Waals surface area (Å²) in [6.07, 6.45) is 7.72. The van der Waals surface area contributed by atoms with Crippen LogP contribution in [0.1, 0.15) is 38.5 Å². The second kappa shape index (κ2) is 7.11. The molecule has 7 nitrogen and oxygen atoms in total. The highest BCUT2D eigenvalue weighted by atomic mass is 16.5. The number of likely N-dealkylation sites (tertiary alicyclic amines) is 4. The first kappa shape index (κ1) is 20.1. The molecule has 0 bridgehead atoms. The normalized spacial score (nSPS) is 45.4. The number of rotatable bonds is 3. The van der Waals surface area contributed by atoms with E-state index in [9.17, 15) is 0 Å². The molecule has 4 atom stereocenters. The zero-order chi connectivity index (χ0) is 20.7. The minimum Gasteiger partial charge on any atom is -0.381 e. The van der Waals surface area contributed by atoms with Gasteiger partial charge < -0.3 is 19.1 Å². The number of hydrogen-bond acceptors (Lipinski definition) is 7. The highest BCUT2D eigenvalue weighted by molar-refractivity contribution is 5.26. The molecule has 0 radical (unpaired) electrons. The van der Waals surface area contributed by atoms with Crippen LogP contribution >= 0.6 is 0 Å². The van der Waals surface area contributed by atoms with Gasteiger partial charge in [-0.15, -0.1) is 0 Å². The van der Waals surface area contributed by atoms with Crippen molar-refractivity contribution < 1.29 is 14.2 Å². The van der Waals surface area contributed by atoms with Gasteiger partial charge in [0.15, 0.2) is 0 Å². The molecule has 3 spiro atoms. The summed E-state index contributed by atoms with van der Waals surface area (Å²) in [5, 5.41) is 0. The van der Waals surface area contributed by atoms with Gasteiger partial charge >= 0.3 is 0 Å². The molecule has 7 aliphatic rings. The lowest BCUT2D eigenvalue weighted by atomic mass is 9.65. The Labute approximate surface area is 186 Å². The van der Waals surface area contributed by atoms with Gasteiger partial charge in [-0.1, -0.05) is 0 Å². The third kappa shape index (κ3) is 2.66. The van der Waals surface area contributed by atoms with E-state index in [1.165, 1.54) is 71.2 Å². The molecule has 7 fully saturated rings. The third-order valence-corrected chi connectivity index (χ3v) is 10.5. The molecule has 31 heavy (non-hydrogen) atoms. The van der Waals surface area contributed by atoms with Gasteiger partial charge in [-0.25, -0.2) is 0 Å². The average Bonchev–Trinajstić information content (AvgIpc) is 3.24. The lowest BCUT2D eigenvalue weighted by Gasteiger charge is -2.75. The van der Waals surface area contributed by atoms with Crippen molar-refractivity contribution in [1.82, 2.24) is 19.6 Å². The van der Waals surface area contributed by atoms with E-state index in [4.69, 9.17) is 14.2 Å². The third-order valence-electron chi connectivity index (χ3n) is 10.5. The van der Waals surface area contributed by atoms with Crippen LogP contribution in [0.25, 0.3) is 0 Å². The van der Waals surface area contributed by atoms with Gasteiger partial charge in [-0.2, -0.15) is 0 Å². The molecule has 7 rings (SSSR count). The van der Waals surface area contributed by atoms with Crippen molar-refractivity contribution in [2.75, 3.05) is 79.4 Å². The summed E-state index contributed by atoms with van der Waals surface area (Å²) in [6, 6.07) is 2.04. The average molecular weight is 433 g/mol. The smallest absolute Gasteiger partial charge is 0.0851 e. The topological polar surface area (TPSA) is 40.7 Å². The Bertz CT molecular complexity index is 703. The van der Waals surface area contributed by atoms with E-state index >= 15 is 0 Å². The van der Waals surface area contributed by atoms with Gasteiger partial charge in [0.25, 0.3) is 0 Å². The largest absolute Gasteiger partial charge is 0.381 e. The Balaban J connectivity index is 1.11. The molecule has 174 valence electrons. The number of likely N-dealkylation sites (N-methyl/N-ethyl adjacent to an activating group) is 1. The molecular formula is C24H40N4O3. The second-order valence-electron chi connectivity index (χ2n) is 11.7. The molecule has 0 amide bonds. The van der Waals surface area contributed by atoms with Gasteiger partial charge in [0.2, 0.25) is 0 Å². The van der Waals surface area contributed by atoms with E-state index in [0.29, 0.717) is 23.7 Å². The fraction of sp³-hybridized carbons (Fsp3) is 1.00. The molecule has 0 aromatic heterocycles. The van der Waals surface area contributed by atoms with E-state index in [1.807, 2.05) is 0 Å². The quantitative estimate of drug-likeness (QED) is 0.648. The molecule has 7 aliphatic heterocycles. The summed E-state index contributed by atoms with van der Waals surface area (Å²) in [7, 11) is 2.29. The first-order valence-electron chi connectivity index (χ1n) is 12.9. The highest BCUT2D eigenvalue weighted by Gasteiger charge is 2.71. The summed E-state index contributed by atoms with van der Waals surface area (Å²) < 4.78 is 17.7. The van der Waals surface area contributed by atoms with E-state index in [0.717, 1.165) is 39.6 Å². The van der Waals surface area contributed by atoms with Crippen LogP contribution in [0.15, 0.2) is 0 Å². The summed E-state index contributed by atoms with van der Waals surface area (Å²) in [5.74, 6) is 0. The van der Waals surface area contributed by atoms with Gasteiger partial charge in [0.1, 0.15) is 0 Å². The second-order valence-corrected chi connectivity index (χ2v) is 11.7. The van der Waals surface area contributed by atoms with E-state index in [1.54, 1.807) is 0 Å². The van der Waals surface area contributed by atoms with Crippen molar-refractivity contribution in [1.29, 1.82) is 0 Å². The van der Waals surface area contributed by atoms with Crippen molar-refractivity contribution in [2.45, 2.75) is 73.3 Å². The van der Waals surface area contributed by atoms with Crippen molar-refractivity contribution in [3.8, 4) is 0 Å². The Kier molecular flexibility index (Phi) is 4.62. The van der Waals surface area contributed by atoms with Crippen molar-refractivity contribution >= 4 is 0 Å². The fourth-order valence-electron chi connectivity index (χ4n) is 8.42. The lowest BCUT2D eigenvalue weighted by Crippen LogP contribution is -2.92. The summed E-state index contributed by atoms with van der Waals surface area (Å²) in [5.41, 5.74) is 0.948. The molecule has 0 aliphatic carbocycles. The molecule has 0 saturated carbocycles. The maximum atomic E-state index is 6.11. The molecule has 0 N–H and O–H groups in total. The maximum Gasteiger partial charge on any atom is 0.0851 e. The Morgan fingerprint density at radius 2 is 1.42 bits per heavy atom. The van der Waals surface area contributed by atoms with Crippen molar-refractivity contribution in [3.05, 3.63) is 0 Å². The van der Waals surface area contributed by atoms with Gasteiger partial charge in [0.05, 0.1) is 30.9 Å². The predicted octanol–water partition coefficient (Wildman–Crippen LogP) is 0.632. The van der Waals surface area contributed by atoms with Crippen LogP contribution in [0.3, 0.4) is 0 Å². The zero-order valence-corrected chi connectivity index (χ0v) is 19.3. The Hall–Kier alpha value is -0.280. The SMILES string of the molecule is CN1CCC[C@@H](N2C[C@H](N3C[C@H](N4CCC45CCOCC5)C34CCOC4)C23COC3)C1. The minimum absolute atomic E-state index is 0.244. The lowest BCUT2D eigenvalue weighted by molar-refractivity contribution is -0.296. The summed E-state index contributed by atoms with van der Waals surface area (Å²) >= 11 is 0. The van der Waals surface area contributed by atoms with Crippen LogP contribution in [0.5, 0.6) is 0 Å². The monoisotopic (exact) mass is 432 g/mol. The summed E-state index contributed by atoms with van der Waals surface area (Å²) in [6.45, 7) is 11.9. The molecule has 1 unspecified atom stereocenters. The number of hydrogen-bond donors (Lipinski definition) is 0. The molecule has 7 heterocycles. The standard InChI is InChI=1S/C24H40N4O3/c1-25-8-2-3-19(13-25)27-14-21(24(27)17-31-18-24)28-15-20(23(28)7-12-30-16-23)26-9-4-22(26)5-10-29-11-6-22/h19-21H,2-18H2,1H3/t19-,20+,21+,23?/m1/s1.